The SMILES string of the molecule is O=CC[C@H]1[C@@H](CC=CCCCC(=O)O)[C@H]2CC[C@@H]1S2. The summed E-state index contributed by atoms with van der Waals surface area (Å²) in [6.45, 7) is 0. The van der Waals surface area contributed by atoms with E-state index in [1.54, 1.807) is 0 Å². The molecule has 3 nitrogen and oxygen atoms in total. The second-order valence-electron chi connectivity index (χ2n) is 5.51. The molecule has 2 aliphatic rings. The molecule has 0 aromatic carbocycles. The summed E-state index contributed by atoms with van der Waals surface area (Å²) in [5.41, 5.74) is 0. The highest BCUT2D eigenvalue weighted by molar-refractivity contribution is 8.01. The van der Waals surface area contributed by atoms with Crippen LogP contribution in [-0.2, 0) is 9.59 Å². The molecule has 2 heterocycles. The summed E-state index contributed by atoms with van der Waals surface area (Å²) in [6.07, 6.45) is 11.6. The van der Waals surface area contributed by atoms with Crippen molar-refractivity contribution in [2.75, 3.05) is 0 Å². The molecule has 106 valence electrons. The van der Waals surface area contributed by atoms with Crippen molar-refractivity contribution in [2.45, 2.75) is 55.4 Å². The number of rotatable bonds is 8. The number of aldehydes is 1. The zero-order chi connectivity index (χ0) is 13.7. The van der Waals surface area contributed by atoms with Gasteiger partial charge in [0.05, 0.1) is 0 Å². The number of carbonyl (C=O) groups excluding carboxylic acids is 1. The molecule has 2 rings (SSSR count). The van der Waals surface area contributed by atoms with Crippen molar-refractivity contribution in [3.05, 3.63) is 12.2 Å². The second-order valence-corrected chi connectivity index (χ2v) is 7.00. The predicted octanol–water partition coefficient (Wildman–Crippen LogP) is 3.29. The minimum absolute atomic E-state index is 0.252. The Morgan fingerprint density at radius 3 is 2.47 bits per heavy atom. The molecule has 0 aromatic rings. The molecule has 4 heteroatoms. The van der Waals surface area contributed by atoms with Crippen LogP contribution in [0.2, 0.25) is 0 Å². The van der Waals surface area contributed by atoms with Gasteiger partial charge in [-0.1, -0.05) is 12.2 Å². The Morgan fingerprint density at radius 1 is 1.16 bits per heavy atom. The van der Waals surface area contributed by atoms with E-state index < -0.39 is 5.97 Å². The Balaban J connectivity index is 1.73. The summed E-state index contributed by atoms with van der Waals surface area (Å²) in [5.74, 6) is 0.513. The van der Waals surface area contributed by atoms with Crippen LogP contribution < -0.4 is 0 Å². The lowest BCUT2D eigenvalue weighted by atomic mass is 9.76. The lowest BCUT2D eigenvalue weighted by Gasteiger charge is -2.27. The maximum absolute atomic E-state index is 10.8. The number of unbranched alkanes of at least 4 members (excludes halogenated alkanes) is 1. The average molecular weight is 282 g/mol. The zero-order valence-electron chi connectivity index (χ0n) is 11.2. The number of allylic oxidation sites excluding steroid dienone is 2. The molecule has 0 amide bonds. The number of hydrogen-bond donors (Lipinski definition) is 1. The van der Waals surface area contributed by atoms with E-state index in [1.165, 1.54) is 12.8 Å². The zero-order valence-corrected chi connectivity index (χ0v) is 12.0. The number of carboxylic acids is 1. The number of aliphatic carboxylic acids is 1. The maximum Gasteiger partial charge on any atom is 0.303 e. The normalized spacial score (nSPS) is 33.1. The van der Waals surface area contributed by atoms with Gasteiger partial charge in [0.25, 0.3) is 0 Å². The number of fused-ring (bicyclic) bond motifs is 2. The molecule has 0 unspecified atom stereocenters. The van der Waals surface area contributed by atoms with Gasteiger partial charge in [0.15, 0.2) is 0 Å². The van der Waals surface area contributed by atoms with Crippen molar-refractivity contribution in [1.82, 2.24) is 0 Å². The van der Waals surface area contributed by atoms with Gasteiger partial charge in [0, 0.05) is 23.3 Å². The predicted molar refractivity (Wildman–Crippen MR) is 77.3 cm³/mol. The van der Waals surface area contributed by atoms with Gasteiger partial charge >= 0.3 is 5.97 Å². The number of carbonyl (C=O) groups is 2. The molecule has 0 saturated carbocycles. The summed E-state index contributed by atoms with van der Waals surface area (Å²) < 4.78 is 0. The van der Waals surface area contributed by atoms with Crippen LogP contribution in [0.5, 0.6) is 0 Å². The molecular weight excluding hydrogens is 260 g/mol. The lowest BCUT2D eigenvalue weighted by Crippen LogP contribution is -2.27. The summed E-state index contributed by atoms with van der Waals surface area (Å²) in [7, 11) is 0. The molecule has 19 heavy (non-hydrogen) atoms. The Labute approximate surface area is 118 Å². The third kappa shape index (κ3) is 3.85. The van der Waals surface area contributed by atoms with E-state index in [9.17, 15) is 9.59 Å². The van der Waals surface area contributed by atoms with Crippen molar-refractivity contribution in [1.29, 1.82) is 0 Å². The Hall–Kier alpha value is -0.770. The molecule has 4 atom stereocenters. The third-order valence-corrected chi connectivity index (χ3v) is 6.16. The minimum Gasteiger partial charge on any atom is -0.481 e. The van der Waals surface area contributed by atoms with Gasteiger partial charge in [0.1, 0.15) is 6.29 Å². The molecular formula is C15H22O3S. The van der Waals surface area contributed by atoms with Gasteiger partial charge < -0.3 is 9.90 Å². The van der Waals surface area contributed by atoms with Crippen molar-refractivity contribution in [3.8, 4) is 0 Å². The Morgan fingerprint density at radius 2 is 1.84 bits per heavy atom. The van der Waals surface area contributed by atoms with E-state index in [0.717, 1.165) is 30.8 Å². The van der Waals surface area contributed by atoms with E-state index in [2.05, 4.69) is 23.9 Å². The molecule has 2 saturated heterocycles. The van der Waals surface area contributed by atoms with Gasteiger partial charge in [0.2, 0.25) is 0 Å². The fourth-order valence-electron chi connectivity index (χ4n) is 3.38. The van der Waals surface area contributed by atoms with Crippen molar-refractivity contribution in [3.63, 3.8) is 0 Å². The minimum atomic E-state index is -0.719. The highest BCUT2D eigenvalue weighted by Crippen LogP contribution is 2.55. The second kappa shape index (κ2) is 7.13. The number of carboxylic acid groups (broad SMARTS) is 1. The highest BCUT2D eigenvalue weighted by Gasteiger charge is 2.46. The van der Waals surface area contributed by atoms with Crippen LogP contribution in [0, 0.1) is 11.8 Å². The van der Waals surface area contributed by atoms with Crippen LogP contribution in [0.25, 0.3) is 0 Å². The third-order valence-electron chi connectivity index (χ3n) is 4.30. The number of hydrogen-bond acceptors (Lipinski definition) is 3. The molecule has 0 aliphatic carbocycles. The quantitative estimate of drug-likeness (QED) is 0.422. The summed E-state index contributed by atoms with van der Waals surface area (Å²) in [6, 6.07) is 0. The maximum atomic E-state index is 10.8. The molecule has 0 spiro atoms. The van der Waals surface area contributed by atoms with E-state index in [-0.39, 0.29) is 6.42 Å². The number of thioether (sulfide) groups is 1. The molecule has 1 N–H and O–H groups in total. The van der Waals surface area contributed by atoms with Crippen LogP contribution in [0.15, 0.2) is 12.2 Å². The van der Waals surface area contributed by atoms with Gasteiger partial charge in [-0.2, -0.15) is 11.8 Å². The first kappa shape index (κ1) is 14.6. The van der Waals surface area contributed by atoms with E-state index in [4.69, 9.17) is 5.11 Å². The van der Waals surface area contributed by atoms with Gasteiger partial charge in [-0.3, -0.25) is 4.79 Å². The smallest absolute Gasteiger partial charge is 0.303 e. The van der Waals surface area contributed by atoms with Crippen molar-refractivity contribution in [2.24, 2.45) is 11.8 Å². The molecule has 2 bridgehead atoms. The first-order chi connectivity index (χ1) is 9.22. The van der Waals surface area contributed by atoms with E-state index in [0.29, 0.717) is 23.5 Å². The first-order valence-corrected chi connectivity index (χ1v) is 8.12. The van der Waals surface area contributed by atoms with E-state index >= 15 is 0 Å². The standard InChI is InChI=1S/C15H22O3S/c16-10-9-12-11(13-7-8-14(12)19-13)5-3-1-2-4-6-15(17)18/h1,3,10-14H,2,4-9H2,(H,17,18)/t11-,12+,13-,14+/m1/s1. The summed E-state index contributed by atoms with van der Waals surface area (Å²) in [4.78, 5) is 21.2. The van der Waals surface area contributed by atoms with Gasteiger partial charge in [-0.25, -0.2) is 0 Å². The van der Waals surface area contributed by atoms with Gasteiger partial charge in [-0.15, -0.1) is 0 Å². The molecule has 2 fully saturated rings. The highest BCUT2D eigenvalue weighted by atomic mass is 32.2. The molecule has 0 aromatic heterocycles. The monoisotopic (exact) mass is 282 g/mol. The Bertz CT molecular complexity index is 353. The fraction of sp³-hybridized carbons (Fsp3) is 0.733. The lowest BCUT2D eigenvalue weighted by molar-refractivity contribution is -0.137. The van der Waals surface area contributed by atoms with Crippen LogP contribution in [0.4, 0.5) is 0 Å². The largest absolute Gasteiger partial charge is 0.481 e. The van der Waals surface area contributed by atoms with Crippen LogP contribution in [0.1, 0.15) is 44.9 Å². The van der Waals surface area contributed by atoms with Crippen molar-refractivity contribution >= 4 is 24.0 Å². The summed E-state index contributed by atoms with van der Waals surface area (Å²) >= 11 is 2.09. The van der Waals surface area contributed by atoms with Crippen LogP contribution >= 0.6 is 11.8 Å². The van der Waals surface area contributed by atoms with Crippen LogP contribution in [0.3, 0.4) is 0 Å². The van der Waals surface area contributed by atoms with Gasteiger partial charge in [-0.05, 0) is 43.9 Å². The fourth-order valence-corrected chi connectivity index (χ4v) is 5.40. The Kier molecular flexibility index (Phi) is 5.49. The van der Waals surface area contributed by atoms with Crippen molar-refractivity contribution < 1.29 is 14.7 Å². The van der Waals surface area contributed by atoms with Crippen LogP contribution in [-0.4, -0.2) is 27.9 Å². The van der Waals surface area contributed by atoms with E-state index in [1.807, 2.05) is 0 Å². The molecule has 0 radical (unpaired) electrons. The topological polar surface area (TPSA) is 54.4 Å². The molecule has 2 aliphatic heterocycles. The summed E-state index contributed by atoms with van der Waals surface area (Å²) in [5, 5.41) is 10.0. The average Bonchev–Trinajstić information content (AvgIpc) is 2.95. The first-order valence-electron chi connectivity index (χ1n) is 7.18.